The molecule has 5 nitrogen and oxygen atoms in total. The van der Waals surface area contributed by atoms with Crippen molar-refractivity contribution in [2.45, 2.75) is 40.2 Å². The van der Waals surface area contributed by atoms with Gasteiger partial charge in [0, 0.05) is 29.9 Å². The molecule has 2 aromatic carbocycles. The average molecular weight is 394 g/mol. The number of carbonyl (C=O) groups is 2. The van der Waals surface area contributed by atoms with Gasteiger partial charge in [-0.3, -0.25) is 14.5 Å². The Hall–Kier alpha value is -2.66. The monoisotopic (exact) mass is 393 g/mol. The predicted octanol–water partition coefficient (Wildman–Crippen LogP) is 4.52. The van der Waals surface area contributed by atoms with E-state index in [1.54, 1.807) is 0 Å². The Labute approximate surface area is 173 Å². The van der Waals surface area contributed by atoms with Gasteiger partial charge in [-0.2, -0.15) is 0 Å². The van der Waals surface area contributed by atoms with Crippen LogP contribution < -0.4 is 10.6 Å². The SMILES string of the molecule is CC(C)(C)C(=O)Nc1cccc(NC(=O)C2CCCN(Cc3ccccc3)C2)c1. The van der Waals surface area contributed by atoms with Gasteiger partial charge >= 0.3 is 0 Å². The van der Waals surface area contributed by atoms with E-state index in [-0.39, 0.29) is 17.7 Å². The van der Waals surface area contributed by atoms with Crippen molar-refractivity contribution in [2.75, 3.05) is 23.7 Å². The first-order chi connectivity index (χ1) is 13.8. The Bertz CT molecular complexity index is 843. The minimum absolute atomic E-state index is 0.0275. The molecule has 2 amide bonds. The minimum atomic E-state index is -0.469. The quantitative estimate of drug-likeness (QED) is 0.785. The van der Waals surface area contributed by atoms with Crippen LogP contribution in [0.1, 0.15) is 39.2 Å². The van der Waals surface area contributed by atoms with Crippen LogP contribution in [0.2, 0.25) is 0 Å². The van der Waals surface area contributed by atoms with E-state index in [9.17, 15) is 9.59 Å². The molecule has 5 heteroatoms. The summed E-state index contributed by atoms with van der Waals surface area (Å²) in [5.41, 5.74) is 2.21. The number of rotatable bonds is 5. The molecule has 0 spiro atoms. The highest BCUT2D eigenvalue weighted by Gasteiger charge is 2.26. The van der Waals surface area contributed by atoms with E-state index in [1.807, 2.05) is 51.1 Å². The fraction of sp³-hybridized carbons (Fsp3) is 0.417. The van der Waals surface area contributed by atoms with Gasteiger partial charge in [0.1, 0.15) is 0 Å². The van der Waals surface area contributed by atoms with Gasteiger partial charge in [-0.1, -0.05) is 57.2 Å². The topological polar surface area (TPSA) is 61.4 Å². The molecule has 1 saturated heterocycles. The number of benzene rings is 2. The van der Waals surface area contributed by atoms with Crippen molar-refractivity contribution in [3.05, 3.63) is 60.2 Å². The van der Waals surface area contributed by atoms with Crippen molar-refractivity contribution in [1.29, 1.82) is 0 Å². The number of hydrogen-bond acceptors (Lipinski definition) is 3. The number of likely N-dealkylation sites (tertiary alicyclic amines) is 1. The van der Waals surface area contributed by atoms with E-state index in [4.69, 9.17) is 0 Å². The largest absolute Gasteiger partial charge is 0.326 e. The number of carbonyl (C=O) groups excluding carboxylic acids is 2. The molecule has 0 bridgehead atoms. The highest BCUT2D eigenvalue weighted by atomic mass is 16.2. The molecule has 1 aliphatic rings. The summed E-state index contributed by atoms with van der Waals surface area (Å²) < 4.78 is 0. The normalized spacial score (nSPS) is 17.6. The summed E-state index contributed by atoms with van der Waals surface area (Å²) in [5.74, 6) is -0.0350. The summed E-state index contributed by atoms with van der Waals surface area (Å²) in [6.07, 6.45) is 1.92. The number of hydrogen-bond donors (Lipinski definition) is 2. The summed E-state index contributed by atoms with van der Waals surface area (Å²) in [6, 6.07) is 17.7. The first-order valence-corrected chi connectivity index (χ1v) is 10.3. The molecule has 1 atom stereocenters. The van der Waals surface area contributed by atoms with Crippen LogP contribution in [0.4, 0.5) is 11.4 Å². The van der Waals surface area contributed by atoms with E-state index in [2.05, 4.69) is 39.8 Å². The van der Waals surface area contributed by atoms with E-state index in [0.29, 0.717) is 11.4 Å². The molecule has 0 radical (unpaired) electrons. The van der Waals surface area contributed by atoms with Crippen molar-refractivity contribution in [3.8, 4) is 0 Å². The molecule has 1 heterocycles. The summed E-state index contributed by atoms with van der Waals surface area (Å²) in [7, 11) is 0. The third kappa shape index (κ3) is 6.16. The number of piperidine rings is 1. The standard InChI is InChI=1S/C24H31N3O2/c1-24(2,3)23(29)26-21-13-7-12-20(15-21)25-22(28)19-11-8-14-27(17-19)16-18-9-5-4-6-10-18/h4-7,9-10,12-13,15,19H,8,11,14,16-17H2,1-3H3,(H,25,28)(H,26,29). The molecule has 29 heavy (non-hydrogen) atoms. The lowest BCUT2D eigenvalue weighted by Crippen LogP contribution is -2.40. The van der Waals surface area contributed by atoms with Crippen molar-refractivity contribution in [2.24, 2.45) is 11.3 Å². The van der Waals surface area contributed by atoms with Crippen LogP contribution in [0, 0.1) is 11.3 Å². The predicted molar refractivity (Wildman–Crippen MR) is 118 cm³/mol. The molecule has 3 rings (SSSR count). The zero-order valence-corrected chi connectivity index (χ0v) is 17.6. The number of amides is 2. The Kier molecular flexibility index (Phi) is 6.70. The smallest absolute Gasteiger partial charge is 0.229 e. The molecule has 1 aliphatic heterocycles. The highest BCUT2D eigenvalue weighted by Crippen LogP contribution is 2.23. The van der Waals surface area contributed by atoms with Crippen molar-refractivity contribution < 1.29 is 9.59 Å². The van der Waals surface area contributed by atoms with Crippen LogP contribution in [0.5, 0.6) is 0 Å². The maximum absolute atomic E-state index is 12.8. The lowest BCUT2D eigenvalue weighted by atomic mass is 9.95. The van der Waals surface area contributed by atoms with Gasteiger partial charge in [-0.15, -0.1) is 0 Å². The minimum Gasteiger partial charge on any atom is -0.326 e. The van der Waals surface area contributed by atoms with Gasteiger partial charge in [0.25, 0.3) is 0 Å². The zero-order chi connectivity index (χ0) is 20.9. The second kappa shape index (κ2) is 9.23. The zero-order valence-electron chi connectivity index (χ0n) is 17.6. The number of anilines is 2. The second-order valence-corrected chi connectivity index (χ2v) is 8.83. The lowest BCUT2D eigenvalue weighted by molar-refractivity contribution is -0.123. The van der Waals surface area contributed by atoms with Crippen LogP contribution in [0.15, 0.2) is 54.6 Å². The van der Waals surface area contributed by atoms with E-state index in [0.717, 1.165) is 32.5 Å². The van der Waals surface area contributed by atoms with Crippen molar-refractivity contribution in [3.63, 3.8) is 0 Å². The first kappa shape index (κ1) is 21.1. The number of nitrogens with zero attached hydrogens (tertiary/aromatic N) is 1. The van der Waals surface area contributed by atoms with Gasteiger partial charge in [0.15, 0.2) is 0 Å². The van der Waals surface area contributed by atoms with Gasteiger partial charge in [-0.25, -0.2) is 0 Å². The van der Waals surface area contributed by atoms with E-state index >= 15 is 0 Å². The van der Waals surface area contributed by atoms with Gasteiger partial charge in [0.05, 0.1) is 5.92 Å². The van der Waals surface area contributed by atoms with Crippen LogP contribution >= 0.6 is 0 Å². The van der Waals surface area contributed by atoms with E-state index < -0.39 is 5.41 Å². The van der Waals surface area contributed by atoms with Gasteiger partial charge < -0.3 is 10.6 Å². The fourth-order valence-corrected chi connectivity index (χ4v) is 3.49. The molecule has 154 valence electrons. The number of nitrogens with one attached hydrogen (secondary N) is 2. The Morgan fingerprint density at radius 1 is 1.00 bits per heavy atom. The van der Waals surface area contributed by atoms with Gasteiger partial charge in [-0.05, 0) is 43.1 Å². The van der Waals surface area contributed by atoms with Crippen molar-refractivity contribution in [1.82, 2.24) is 4.90 Å². The first-order valence-electron chi connectivity index (χ1n) is 10.3. The highest BCUT2D eigenvalue weighted by molar-refractivity contribution is 5.96. The molecule has 0 aromatic heterocycles. The maximum atomic E-state index is 12.8. The van der Waals surface area contributed by atoms with Gasteiger partial charge in [0.2, 0.25) is 11.8 Å². The molecule has 0 saturated carbocycles. The summed E-state index contributed by atoms with van der Waals surface area (Å²) in [6.45, 7) is 8.28. The van der Waals surface area contributed by atoms with Crippen LogP contribution in [0.3, 0.4) is 0 Å². The Morgan fingerprint density at radius 3 is 2.38 bits per heavy atom. The van der Waals surface area contributed by atoms with Crippen LogP contribution in [0.25, 0.3) is 0 Å². The molecular formula is C24H31N3O2. The third-order valence-corrected chi connectivity index (χ3v) is 5.19. The van der Waals surface area contributed by atoms with Crippen molar-refractivity contribution >= 4 is 23.2 Å². The molecule has 1 unspecified atom stereocenters. The average Bonchev–Trinajstić information content (AvgIpc) is 2.68. The third-order valence-electron chi connectivity index (χ3n) is 5.19. The summed E-state index contributed by atoms with van der Waals surface area (Å²) in [5, 5.41) is 5.94. The molecule has 0 aliphatic carbocycles. The molecular weight excluding hydrogens is 362 g/mol. The molecule has 2 N–H and O–H groups in total. The van der Waals surface area contributed by atoms with Crippen LogP contribution in [-0.4, -0.2) is 29.8 Å². The summed E-state index contributed by atoms with van der Waals surface area (Å²) in [4.78, 5) is 27.4. The molecule has 1 fully saturated rings. The van der Waals surface area contributed by atoms with Crippen LogP contribution in [-0.2, 0) is 16.1 Å². The Morgan fingerprint density at radius 2 is 1.69 bits per heavy atom. The second-order valence-electron chi connectivity index (χ2n) is 8.83. The maximum Gasteiger partial charge on any atom is 0.229 e. The fourth-order valence-electron chi connectivity index (χ4n) is 3.49. The Balaban J connectivity index is 1.58. The lowest BCUT2D eigenvalue weighted by Gasteiger charge is -2.32. The molecule has 2 aromatic rings. The summed E-state index contributed by atoms with van der Waals surface area (Å²) >= 11 is 0. The van der Waals surface area contributed by atoms with E-state index in [1.165, 1.54) is 5.56 Å².